The minimum absolute atomic E-state index is 0.256. The van der Waals surface area contributed by atoms with E-state index in [4.69, 9.17) is 9.47 Å². The molecule has 138 valence electrons. The number of carbonyl (C=O) groups is 2. The van der Waals surface area contributed by atoms with Crippen molar-refractivity contribution < 1.29 is 23.8 Å². The molecule has 0 radical (unpaired) electrons. The van der Waals surface area contributed by atoms with Crippen LogP contribution in [0.1, 0.15) is 42.5 Å². The highest BCUT2D eigenvalue weighted by molar-refractivity contribution is 5.98. The van der Waals surface area contributed by atoms with Gasteiger partial charge in [0.05, 0.1) is 7.05 Å². The summed E-state index contributed by atoms with van der Waals surface area (Å²) in [5.74, 6) is -4.70. The first-order valence-corrected chi connectivity index (χ1v) is 8.25. The average Bonchev–Trinajstić information content (AvgIpc) is 2.75. The first-order chi connectivity index (χ1) is 12.1. The fraction of sp³-hybridized carbons (Fsp3) is 0.444. The molecule has 0 saturated carbocycles. The van der Waals surface area contributed by atoms with E-state index in [0.717, 1.165) is 10.4 Å². The molecule has 1 atom stereocenters. The molecule has 0 aliphatic carbocycles. The maximum absolute atomic E-state index is 12.8. The van der Waals surface area contributed by atoms with Gasteiger partial charge in [-0.3, -0.25) is 14.6 Å². The third kappa shape index (κ3) is 2.81. The molecule has 3 rings (SSSR count). The number of nitrogens with zero attached hydrogens (tertiary/aromatic N) is 3. The van der Waals surface area contributed by atoms with Crippen LogP contribution in [0.2, 0.25) is 0 Å². The number of ether oxygens (including phenoxy) is 2. The molecule has 0 unspecified atom stereocenters. The number of pyridine rings is 1. The fourth-order valence-electron chi connectivity index (χ4n) is 3.26. The van der Waals surface area contributed by atoms with Crippen LogP contribution in [0.25, 0.3) is 0 Å². The van der Waals surface area contributed by atoms with Crippen molar-refractivity contribution in [1.82, 2.24) is 9.55 Å². The summed E-state index contributed by atoms with van der Waals surface area (Å²) in [6, 6.07) is 3.40. The summed E-state index contributed by atoms with van der Waals surface area (Å²) < 4.78 is 13.0. The third-order valence-corrected chi connectivity index (χ3v) is 4.74. The smallest absolute Gasteiger partial charge is 0.324 e. The Balaban J connectivity index is 2.20. The van der Waals surface area contributed by atoms with Crippen LogP contribution in [0.3, 0.4) is 0 Å². The van der Waals surface area contributed by atoms with E-state index in [-0.39, 0.29) is 5.82 Å². The molecule has 0 amide bonds. The molecule has 2 aromatic rings. The van der Waals surface area contributed by atoms with Crippen molar-refractivity contribution in [2.45, 2.75) is 39.4 Å². The fourth-order valence-corrected chi connectivity index (χ4v) is 3.26. The summed E-state index contributed by atoms with van der Waals surface area (Å²) in [6.07, 6.45) is 3.11. The molecule has 0 spiro atoms. The number of aromatic nitrogens is 3. The lowest BCUT2D eigenvalue weighted by molar-refractivity contribution is -0.621. The lowest BCUT2D eigenvalue weighted by atomic mass is 9.85. The molecular formula is C18H21N3O5. The van der Waals surface area contributed by atoms with Crippen LogP contribution >= 0.6 is 0 Å². The second kappa shape index (κ2) is 6.12. The average molecular weight is 359 g/mol. The van der Waals surface area contributed by atoms with E-state index < -0.39 is 29.6 Å². The minimum Gasteiger partial charge on any atom is -0.711 e. The Kier molecular flexibility index (Phi) is 4.21. The minimum atomic E-state index is -1.34. The van der Waals surface area contributed by atoms with Gasteiger partial charge < -0.3 is 14.7 Å². The van der Waals surface area contributed by atoms with Crippen LogP contribution in [-0.4, -0.2) is 27.3 Å². The topological polar surface area (TPSA) is 97.4 Å². The highest BCUT2D eigenvalue weighted by Gasteiger charge is 2.51. The summed E-state index contributed by atoms with van der Waals surface area (Å²) >= 11 is 0. The van der Waals surface area contributed by atoms with Gasteiger partial charge >= 0.3 is 11.9 Å². The Labute approximate surface area is 150 Å². The van der Waals surface area contributed by atoms with Gasteiger partial charge in [0.15, 0.2) is 5.92 Å². The van der Waals surface area contributed by atoms with Gasteiger partial charge in [0.2, 0.25) is 0 Å². The van der Waals surface area contributed by atoms with Crippen molar-refractivity contribution >= 4 is 11.9 Å². The number of carbonyl (C=O) groups excluding carboxylic acids is 2. The van der Waals surface area contributed by atoms with Crippen LogP contribution in [-0.2, 0) is 26.1 Å². The Morgan fingerprint density at radius 3 is 2.35 bits per heavy atom. The molecule has 8 heteroatoms. The number of imidazole rings is 1. The predicted octanol–water partition coefficient (Wildman–Crippen LogP) is 1.25. The van der Waals surface area contributed by atoms with Crippen LogP contribution in [0.15, 0.2) is 24.5 Å². The zero-order valence-electron chi connectivity index (χ0n) is 15.3. The van der Waals surface area contributed by atoms with Crippen LogP contribution < -0.4 is 4.73 Å². The molecule has 8 nitrogen and oxygen atoms in total. The summed E-state index contributed by atoms with van der Waals surface area (Å²) in [5.41, 5.74) is 1.78. The molecule has 1 aliphatic rings. The monoisotopic (exact) mass is 359 g/mol. The van der Waals surface area contributed by atoms with Crippen LogP contribution in [0.4, 0.5) is 0 Å². The van der Waals surface area contributed by atoms with Gasteiger partial charge in [-0.05, 0) is 11.6 Å². The summed E-state index contributed by atoms with van der Waals surface area (Å²) in [4.78, 5) is 29.4. The Bertz CT molecular complexity index is 827. The van der Waals surface area contributed by atoms with Gasteiger partial charge in [-0.15, -0.1) is 0 Å². The van der Waals surface area contributed by atoms with Gasteiger partial charge in [-0.2, -0.15) is 0 Å². The normalized spacial score (nSPS) is 18.3. The highest BCUT2D eigenvalue weighted by Crippen LogP contribution is 2.37. The molecule has 2 aromatic heterocycles. The lowest BCUT2D eigenvalue weighted by Gasteiger charge is -2.35. The van der Waals surface area contributed by atoms with E-state index in [0.29, 0.717) is 11.3 Å². The zero-order chi connectivity index (χ0) is 19.2. The quantitative estimate of drug-likeness (QED) is 0.354. The van der Waals surface area contributed by atoms with E-state index >= 15 is 0 Å². The van der Waals surface area contributed by atoms with Gasteiger partial charge in [0.25, 0.3) is 11.6 Å². The van der Waals surface area contributed by atoms with E-state index in [1.807, 2.05) is 0 Å². The molecule has 1 aliphatic heterocycles. The van der Waals surface area contributed by atoms with Gasteiger partial charge in [-0.25, -0.2) is 9.30 Å². The molecule has 0 N–H and O–H groups in total. The molecular weight excluding hydrogens is 338 g/mol. The van der Waals surface area contributed by atoms with Crippen molar-refractivity contribution in [1.29, 1.82) is 0 Å². The Morgan fingerprint density at radius 2 is 1.88 bits per heavy atom. The second-order valence-corrected chi connectivity index (χ2v) is 6.87. The van der Waals surface area contributed by atoms with Crippen molar-refractivity contribution in [3.63, 3.8) is 0 Å². The predicted molar refractivity (Wildman–Crippen MR) is 89.7 cm³/mol. The van der Waals surface area contributed by atoms with E-state index in [2.05, 4.69) is 4.98 Å². The zero-order valence-corrected chi connectivity index (χ0v) is 15.3. The number of hydrogen-bond donors (Lipinski definition) is 0. The number of esters is 2. The summed E-state index contributed by atoms with van der Waals surface area (Å²) in [7, 11) is 1.72. The second-order valence-electron chi connectivity index (χ2n) is 6.87. The van der Waals surface area contributed by atoms with E-state index in [9.17, 15) is 14.8 Å². The molecule has 3 heterocycles. The SMILES string of the molecule is Cc1c(C)[n+]([O-])c([C@H](c2cccnc2)C2C(=O)OC(C)(C)OC2=O)n1C. The number of cyclic esters (lactones) is 2. The standard InChI is InChI=1S/C18H21N3O5/c1-10-11(2)21(24)15(20(10)5)13(12-7-6-8-19-9-12)14-16(22)25-18(3,4)26-17(14)23/h6-9,13-14H,1-5H3/t13-/m1/s1. The number of hydrogen-bond acceptors (Lipinski definition) is 6. The van der Waals surface area contributed by atoms with E-state index in [1.165, 1.54) is 20.0 Å². The van der Waals surface area contributed by atoms with Crippen LogP contribution in [0.5, 0.6) is 0 Å². The summed E-state index contributed by atoms with van der Waals surface area (Å²) in [6.45, 7) is 6.46. The van der Waals surface area contributed by atoms with Crippen molar-refractivity contribution in [3.05, 3.63) is 52.5 Å². The van der Waals surface area contributed by atoms with Crippen molar-refractivity contribution in [2.75, 3.05) is 0 Å². The van der Waals surface area contributed by atoms with Crippen LogP contribution in [0, 0.1) is 25.0 Å². The maximum atomic E-state index is 12.8. The maximum Gasteiger partial charge on any atom is 0.324 e. The third-order valence-electron chi connectivity index (χ3n) is 4.74. The number of rotatable bonds is 3. The summed E-state index contributed by atoms with van der Waals surface area (Å²) in [5, 5.41) is 12.8. The molecule has 26 heavy (non-hydrogen) atoms. The highest BCUT2D eigenvalue weighted by atomic mass is 16.7. The Morgan fingerprint density at radius 1 is 1.27 bits per heavy atom. The van der Waals surface area contributed by atoms with Crippen molar-refractivity contribution in [2.24, 2.45) is 13.0 Å². The van der Waals surface area contributed by atoms with Gasteiger partial charge in [-0.1, -0.05) is 6.07 Å². The first kappa shape index (κ1) is 17.9. The molecule has 1 saturated heterocycles. The van der Waals surface area contributed by atoms with Gasteiger partial charge in [0, 0.05) is 40.1 Å². The lowest BCUT2D eigenvalue weighted by Crippen LogP contribution is -2.50. The largest absolute Gasteiger partial charge is 0.711 e. The molecule has 0 bridgehead atoms. The Hall–Kier alpha value is -2.90. The molecule has 1 fully saturated rings. The molecule has 0 aromatic carbocycles. The van der Waals surface area contributed by atoms with Gasteiger partial charge in [0.1, 0.15) is 17.3 Å². The first-order valence-electron chi connectivity index (χ1n) is 8.25. The van der Waals surface area contributed by atoms with Crippen molar-refractivity contribution in [3.8, 4) is 0 Å². The van der Waals surface area contributed by atoms with E-state index in [1.54, 1.807) is 43.8 Å².